The van der Waals surface area contributed by atoms with E-state index in [1.54, 1.807) is 0 Å². The molecule has 0 bridgehead atoms. The van der Waals surface area contributed by atoms with Crippen LogP contribution in [0.25, 0.3) is 22.3 Å². The van der Waals surface area contributed by atoms with Crippen LogP contribution in [0.1, 0.15) is 62.1 Å². The van der Waals surface area contributed by atoms with Crippen molar-refractivity contribution in [3.8, 4) is 131 Å². The highest BCUT2D eigenvalue weighted by atomic mass is 16.7. The number of carbonyl (C=O) groups excluding carboxylic acids is 6. The molecule has 0 amide bonds. The molecule has 1 saturated heterocycles. The number of aromatic hydroxyl groups is 16. The van der Waals surface area contributed by atoms with E-state index in [2.05, 4.69) is 0 Å². The first kappa shape index (κ1) is 50.2. The van der Waals surface area contributed by atoms with Crippen LogP contribution in [0, 0.1) is 0 Å². The van der Waals surface area contributed by atoms with Gasteiger partial charge in [0.25, 0.3) is 0 Å². The average Bonchev–Trinajstić information content (AvgIpc) is 3.58. The maximum Gasteiger partial charge on any atom is 0.347 e. The lowest BCUT2D eigenvalue weighted by Gasteiger charge is -2.44. The fourth-order valence-electron chi connectivity index (χ4n) is 8.73. The molecule has 0 radical (unpaired) electrons. The molecule has 4 heterocycles. The van der Waals surface area contributed by atoms with Gasteiger partial charge in [-0.1, -0.05) is 0 Å². The highest BCUT2D eigenvalue weighted by molar-refractivity contribution is 6.11. The molecule has 30 nitrogen and oxygen atoms in total. The van der Waals surface area contributed by atoms with Gasteiger partial charge in [0.1, 0.15) is 18.3 Å². The molecule has 1 fully saturated rings. The molecule has 30 heteroatoms. The van der Waals surface area contributed by atoms with E-state index < -0.39 is 238 Å². The minimum absolute atomic E-state index is 0.370. The van der Waals surface area contributed by atoms with Gasteiger partial charge in [0.2, 0.25) is 46.9 Å². The Hall–Kier alpha value is -11.3. The summed E-state index contributed by atoms with van der Waals surface area (Å²) in [6.45, 7) is -1.35. The van der Waals surface area contributed by atoms with Crippen molar-refractivity contribution >= 4 is 35.8 Å². The highest BCUT2D eigenvalue weighted by Gasteiger charge is 2.56. The van der Waals surface area contributed by atoms with Crippen molar-refractivity contribution in [2.24, 2.45) is 0 Å². The first-order chi connectivity index (χ1) is 36.8. The monoisotopic (exact) mass is 1090 g/mol. The molecule has 6 aromatic rings. The molecule has 0 aliphatic carbocycles. The third kappa shape index (κ3) is 7.61. The van der Waals surface area contributed by atoms with Gasteiger partial charge in [-0.05, 0) is 30.3 Å². The van der Waals surface area contributed by atoms with Crippen LogP contribution >= 0.6 is 0 Å². The molecule has 78 heavy (non-hydrogen) atoms. The van der Waals surface area contributed by atoms with Crippen molar-refractivity contribution in [2.45, 2.75) is 30.7 Å². The lowest BCUT2D eigenvalue weighted by molar-refractivity contribution is -0.282. The number of esters is 6. The van der Waals surface area contributed by atoms with Crippen molar-refractivity contribution < 1.29 is 148 Å². The predicted octanol–water partition coefficient (Wildman–Crippen LogP) is 2.68. The first-order valence-corrected chi connectivity index (χ1v) is 21.6. The van der Waals surface area contributed by atoms with Crippen molar-refractivity contribution in [3.05, 3.63) is 75.8 Å². The van der Waals surface area contributed by atoms with E-state index in [1.807, 2.05) is 0 Å². The Balaban J connectivity index is 1.18. The minimum atomic E-state index is -2.61. The molecular weight excluding hydrogens is 1060 g/mol. The fourth-order valence-corrected chi connectivity index (χ4v) is 8.73. The number of cyclic esters (lactones) is 1. The molecule has 10 rings (SSSR count). The molecule has 402 valence electrons. The Morgan fingerprint density at radius 2 is 0.808 bits per heavy atom. The smallest absolute Gasteiger partial charge is 0.347 e. The van der Waals surface area contributed by atoms with E-state index in [4.69, 9.17) is 37.9 Å². The van der Waals surface area contributed by atoms with Crippen LogP contribution in [0.5, 0.6) is 109 Å². The van der Waals surface area contributed by atoms with Gasteiger partial charge in [-0.25, -0.2) is 28.8 Å². The van der Waals surface area contributed by atoms with Gasteiger partial charge < -0.3 is 120 Å². The van der Waals surface area contributed by atoms with Crippen LogP contribution in [0.4, 0.5) is 0 Å². The Kier molecular flexibility index (Phi) is 11.4. The quantitative estimate of drug-likeness (QED) is 0.0513. The van der Waals surface area contributed by atoms with Gasteiger partial charge >= 0.3 is 35.8 Å². The van der Waals surface area contributed by atoms with Gasteiger partial charge in [-0.2, -0.15) is 0 Å². The minimum Gasteiger partial charge on any atom is -0.504 e. The number of benzene rings is 6. The topological polar surface area (TPSA) is 500 Å². The Bertz CT molecular complexity index is 3720. The molecule has 4 aliphatic rings. The van der Waals surface area contributed by atoms with Crippen molar-refractivity contribution in [1.82, 2.24) is 0 Å². The van der Waals surface area contributed by atoms with Crippen molar-refractivity contribution in [3.63, 3.8) is 0 Å². The largest absolute Gasteiger partial charge is 0.504 e. The lowest BCUT2D eigenvalue weighted by atomic mass is 9.91. The predicted molar refractivity (Wildman–Crippen MR) is 240 cm³/mol. The fraction of sp³-hybridized carbons (Fsp3) is 0.125. The summed E-state index contributed by atoms with van der Waals surface area (Å²) >= 11 is 0. The summed E-state index contributed by atoms with van der Waals surface area (Å²) in [5.41, 5.74) is -10.6. The van der Waals surface area contributed by atoms with E-state index in [0.717, 1.165) is 0 Å². The van der Waals surface area contributed by atoms with Crippen LogP contribution in [0.2, 0.25) is 0 Å². The SMILES string of the molecule is O=C(O[C@H]1O[C@H]2COC(=O)c3cc4c(c(O)c3-c3c(cc(O)c(O)c3O)C(=O)O[C@H]2[C@@H]2OC(=O)c3cc(O)c(O)c(O)c3-c3c(cc(O)c(O)c3O)C(=O)O[C@H]12)OC(=O)c1cc(O)c(O)c(O)c1O4)c1cc(O)c(O)c(O)c1. The highest BCUT2D eigenvalue weighted by Crippen LogP contribution is 2.58. The normalized spacial score (nSPS) is 19.4. The molecule has 6 aromatic carbocycles. The van der Waals surface area contributed by atoms with Crippen LogP contribution in [-0.2, 0) is 28.4 Å². The van der Waals surface area contributed by atoms with Crippen LogP contribution < -0.4 is 9.47 Å². The second-order valence-corrected chi connectivity index (χ2v) is 17.0. The van der Waals surface area contributed by atoms with Gasteiger partial charge in [-0.15, -0.1) is 0 Å². The summed E-state index contributed by atoms with van der Waals surface area (Å²) in [4.78, 5) is 85.8. The van der Waals surface area contributed by atoms with Crippen LogP contribution in [0.3, 0.4) is 0 Å². The molecular formula is C48H30O30. The number of rotatable bonds is 2. The summed E-state index contributed by atoms with van der Waals surface area (Å²) < 4.78 is 45.0. The van der Waals surface area contributed by atoms with Gasteiger partial charge in [0, 0.05) is 34.4 Å². The number of phenols is 16. The Morgan fingerprint density at radius 3 is 1.31 bits per heavy atom. The van der Waals surface area contributed by atoms with Crippen molar-refractivity contribution in [1.29, 1.82) is 0 Å². The standard InChI is InChI=1S/C48H30O30/c49-15-1-9(2-16(50)27(15)55)42(65)78-48-41-40(76-45(68)10-3-17(51)28(56)32(60)23(10)24-11(46(69)77-41)4-18(52)29(57)33(24)61)39-22(73-48)8-71-43(66)13-7-21-38(74-47(70)14-6-20(54)31(59)36(64)37(14)72-21)35(63)26(13)25-12(44(67)75-39)5-19(53)30(58)34(25)62/h1-7,22,39-41,48-64H,8H2/t22-,39+,40-,41-,48+/m0/s1. The zero-order valence-electron chi connectivity index (χ0n) is 38.0. The number of fused-ring (bicyclic) bond motifs is 11. The van der Waals surface area contributed by atoms with Crippen molar-refractivity contribution in [2.75, 3.05) is 6.61 Å². The molecule has 0 saturated carbocycles. The second kappa shape index (κ2) is 17.7. The summed E-state index contributed by atoms with van der Waals surface area (Å²) in [6, 6.07) is 3.39. The van der Waals surface area contributed by atoms with E-state index in [0.29, 0.717) is 42.5 Å². The molecule has 0 spiro atoms. The molecule has 16 N–H and O–H groups in total. The zero-order valence-corrected chi connectivity index (χ0v) is 38.0. The first-order valence-electron chi connectivity index (χ1n) is 21.6. The number of carbonyl (C=O) groups is 6. The molecule has 4 aliphatic heterocycles. The number of ether oxygens (including phenoxy) is 8. The summed E-state index contributed by atoms with van der Waals surface area (Å²) in [6.07, 6.45) is -12.6. The van der Waals surface area contributed by atoms with E-state index in [-0.39, 0.29) is 0 Å². The maximum atomic E-state index is 14.8. The second-order valence-electron chi connectivity index (χ2n) is 17.0. The number of hydrogen-bond acceptors (Lipinski definition) is 30. The zero-order chi connectivity index (χ0) is 56.4. The van der Waals surface area contributed by atoms with E-state index >= 15 is 0 Å². The molecule has 0 unspecified atom stereocenters. The number of phenolic OH excluding ortho intramolecular Hbond substituents is 16. The van der Waals surface area contributed by atoms with Gasteiger partial charge in [0.15, 0.2) is 87.0 Å². The molecule has 0 aromatic heterocycles. The average molecular weight is 1090 g/mol. The summed E-state index contributed by atoms with van der Waals surface area (Å²) in [7, 11) is 0. The third-order valence-corrected chi connectivity index (χ3v) is 12.4. The third-order valence-electron chi connectivity index (χ3n) is 12.4. The summed E-state index contributed by atoms with van der Waals surface area (Å²) in [5, 5.41) is 171. The summed E-state index contributed by atoms with van der Waals surface area (Å²) in [5.74, 6) is -34.5. The Labute approximate surface area is 428 Å². The lowest BCUT2D eigenvalue weighted by Crippen LogP contribution is -2.63. The van der Waals surface area contributed by atoms with Gasteiger partial charge in [0.05, 0.1) is 27.8 Å². The Morgan fingerprint density at radius 1 is 0.397 bits per heavy atom. The molecule has 5 atom stereocenters. The van der Waals surface area contributed by atoms with Crippen LogP contribution in [0.15, 0.2) is 42.5 Å². The van der Waals surface area contributed by atoms with Crippen LogP contribution in [-0.4, -0.2) is 155 Å². The van der Waals surface area contributed by atoms with E-state index in [9.17, 15) is 110 Å². The maximum absolute atomic E-state index is 14.8. The van der Waals surface area contributed by atoms with E-state index in [1.165, 1.54) is 0 Å². The number of hydrogen-bond donors (Lipinski definition) is 16. The van der Waals surface area contributed by atoms with Gasteiger partial charge in [-0.3, -0.25) is 0 Å².